The van der Waals surface area contributed by atoms with Crippen molar-refractivity contribution in [3.05, 3.63) is 35.6 Å². The third kappa shape index (κ3) is 2.17. The van der Waals surface area contributed by atoms with E-state index in [-0.39, 0.29) is 0 Å². The smallest absolute Gasteiger partial charge is 0.308 e. The van der Waals surface area contributed by atoms with Gasteiger partial charge in [-0.25, -0.2) is 12.8 Å². The number of hydrogen-bond acceptors (Lipinski definition) is 3. The summed E-state index contributed by atoms with van der Waals surface area (Å²) in [5, 5.41) is 7.99. The molecule has 1 aromatic carbocycles. The maximum Gasteiger partial charge on any atom is 0.308 e. The molecule has 92 valence electrons. The van der Waals surface area contributed by atoms with Crippen LogP contribution >= 0.6 is 0 Å². The minimum absolute atomic E-state index is 0.424. The van der Waals surface area contributed by atoms with E-state index in [9.17, 15) is 17.6 Å². The summed E-state index contributed by atoms with van der Waals surface area (Å²) in [6, 6.07) is 5.42. The highest BCUT2D eigenvalue weighted by Gasteiger charge is 2.61. The van der Waals surface area contributed by atoms with E-state index in [1.165, 1.54) is 18.2 Å². The lowest BCUT2D eigenvalue weighted by Gasteiger charge is -1.98. The van der Waals surface area contributed by atoms with Crippen LogP contribution < -0.4 is 0 Å². The molecule has 1 fully saturated rings. The number of sulfone groups is 1. The highest BCUT2D eigenvalue weighted by Crippen LogP contribution is 2.52. The Morgan fingerprint density at radius 3 is 2.47 bits per heavy atom. The van der Waals surface area contributed by atoms with Gasteiger partial charge in [0, 0.05) is 12.2 Å². The summed E-state index contributed by atoms with van der Waals surface area (Å²) in [4.78, 5) is 10.9. The molecule has 1 N–H and O–H groups in total. The lowest BCUT2D eigenvalue weighted by atomic mass is 10.1. The molecule has 6 heteroatoms. The topological polar surface area (TPSA) is 71.4 Å². The van der Waals surface area contributed by atoms with Crippen LogP contribution in [0.5, 0.6) is 0 Å². The molecule has 0 amide bonds. The minimum atomic E-state index is -3.44. The fourth-order valence-electron chi connectivity index (χ4n) is 2.22. The Morgan fingerprint density at radius 1 is 1.41 bits per heavy atom. The maximum atomic E-state index is 13.0. The molecule has 0 aromatic heterocycles. The lowest BCUT2D eigenvalue weighted by molar-refractivity contribution is -0.138. The van der Waals surface area contributed by atoms with Crippen molar-refractivity contribution in [3.63, 3.8) is 0 Å². The van der Waals surface area contributed by atoms with Gasteiger partial charge in [-0.3, -0.25) is 4.79 Å². The first-order chi connectivity index (χ1) is 7.82. The van der Waals surface area contributed by atoms with Crippen molar-refractivity contribution in [1.82, 2.24) is 0 Å². The Labute approximate surface area is 98.0 Å². The molecule has 0 saturated heterocycles. The normalized spacial score (nSPS) is 27.8. The van der Waals surface area contributed by atoms with Crippen LogP contribution in [0.4, 0.5) is 4.39 Å². The van der Waals surface area contributed by atoms with Gasteiger partial charge < -0.3 is 5.11 Å². The van der Waals surface area contributed by atoms with Gasteiger partial charge in [-0.2, -0.15) is 0 Å². The summed E-state index contributed by atoms with van der Waals surface area (Å²) >= 11 is 0. The fourth-order valence-corrected chi connectivity index (χ4v) is 3.81. The highest BCUT2D eigenvalue weighted by atomic mass is 32.2. The summed E-state index contributed by atoms with van der Waals surface area (Å²) in [5.74, 6) is -3.26. The molecule has 0 radical (unpaired) electrons. The average molecular weight is 258 g/mol. The van der Waals surface area contributed by atoms with Crippen LogP contribution in [0.2, 0.25) is 0 Å². The van der Waals surface area contributed by atoms with Crippen LogP contribution in [0, 0.1) is 11.7 Å². The molecule has 17 heavy (non-hydrogen) atoms. The molecule has 1 aliphatic rings. The summed E-state index contributed by atoms with van der Waals surface area (Å²) in [6.07, 6.45) is 1.01. The SMILES string of the molecule is CS(=O)(=O)[C@H]1[C@H](C(=O)O)[C@@H]1c1cccc(F)c1. The van der Waals surface area contributed by atoms with Crippen LogP contribution in [0.3, 0.4) is 0 Å². The Bertz CT molecular complexity index is 567. The largest absolute Gasteiger partial charge is 0.481 e. The van der Waals surface area contributed by atoms with Gasteiger partial charge in [0.15, 0.2) is 9.84 Å². The number of halogens is 1. The van der Waals surface area contributed by atoms with Crippen LogP contribution in [0.25, 0.3) is 0 Å². The minimum Gasteiger partial charge on any atom is -0.481 e. The molecule has 0 bridgehead atoms. The zero-order valence-corrected chi connectivity index (χ0v) is 9.82. The fraction of sp³-hybridized carbons (Fsp3) is 0.364. The number of hydrogen-bond donors (Lipinski definition) is 1. The third-order valence-corrected chi connectivity index (χ3v) is 4.54. The Balaban J connectivity index is 2.37. The first-order valence-corrected chi connectivity index (χ1v) is 6.95. The maximum absolute atomic E-state index is 13.0. The zero-order valence-electron chi connectivity index (χ0n) is 9.00. The van der Waals surface area contributed by atoms with E-state index in [1.54, 1.807) is 6.07 Å². The quantitative estimate of drug-likeness (QED) is 0.879. The molecule has 1 saturated carbocycles. The highest BCUT2D eigenvalue weighted by molar-refractivity contribution is 7.91. The van der Waals surface area contributed by atoms with Gasteiger partial charge in [0.1, 0.15) is 5.82 Å². The van der Waals surface area contributed by atoms with Gasteiger partial charge in [-0.05, 0) is 17.7 Å². The first kappa shape index (κ1) is 12.0. The number of aliphatic carboxylic acids is 1. The van der Waals surface area contributed by atoms with Crippen molar-refractivity contribution in [2.45, 2.75) is 11.2 Å². The Hall–Kier alpha value is -1.43. The second-order valence-electron chi connectivity index (χ2n) is 4.24. The Kier molecular flexibility index (Phi) is 2.69. The van der Waals surface area contributed by atoms with Crippen molar-refractivity contribution < 1.29 is 22.7 Å². The molecule has 0 aliphatic heterocycles. The monoisotopic (exact) mass is 258 g/mol. The summed E-state index contributed by atoms with van der Waals surface area (Å²) < 4.78 is 35.9. The van der Waals surface area contributed by atoms with E-state index in [0.717, 1.165) is 6.26 Å². The molecule has 3 atom stereocenters. The molecular formula is C11H11FO4S. The van der Waals surface area contributed by atoms with E-state index in [0.29, 0.717) is 5.56 Å². The number of carboxylic acid groups (broad SMARTS) is 1. The number of rotatable bonds is 3. The molecule has 0 heterocycles. The van der Waals surface area contributed by atoms with Gasteiger partial charge in [-0.15, -0.1) is 0 Å². The number of benzene rings is 1. The molecule has 1 aliphatic carbocycles. The standard InChI is InChI=1S/C11H11FO4S/c1-17(15,16)10-8(9(10)11(13)14)6-3-2-4-7(12)5-6/h2-5,8-10H,1H3,(H,13,14)/t8-,9+,10+/m0/s1. The van der Waals surface area contributed by atoms with E-state index >= 15 is 0 Å². The van der Waals surface area contributed by atoms with Gasteiger partial charge in [0.25, 0.3) is 0 Å². The lowest BCUT2D eigenvalue weighted by Crippen LogP contribution is -2.10. The predicted molar refractivity (Wildman–Crippen MR) is 58.9 cm³/mol. The van der Waals surface area contributed by atoms with Crippen molar-refractivity contribution in [3.8, 4) is 0 Å². The average Bonchev–Trinajstić information content (AvgIpc) is 2.91. The van der Waals surface area contributed by atoms with E-state index in [2.05, 4.69) is 0 Å². The number of carbonyl (C=O) groups is 1. The van der Waals surface area contributed by atoms with Crippen LogP contribution in [-0.4, -0.2) is 31.0 Å². The van der Waals surface area contributed by atoms with Crippen molar-refractivity contribution in [2.24, 2.45) is 5.92 Å². The molecule has 2 rings (SSSR count). The van der Waals surface area contributed by atoms with Gasteiger partial charge in [-0.1, -0.05) is 12.1 Å². The van der Waals surface area contributed by atoms with Crippen molar-refractivity contribution >= 4 is 15.8 Å². The van der Waals surface area contributed by atoms with Crippen LogP contribution in [0.1, 0.15) is 11.5 Å². The number of carboxylic acids is 1. The van der Waals surface area contributed by atoms with Crippen LogP contribution in [0.15, 0.2) is 24.3 Å². The second-order valence-corrected chi connectivity index (χ2v) is 6.44. The molecule has 1 aromatic rings. The zero-order chi connectivity index (χ0) is 12.8. The second kappa shape index (κ2) is 3.80. The van der Waals surface area contributed by atoms with E-state index in [4.69, 9.17) is 5.11 Å². The summed E-state index contributed by atoms with van der Waals surface area (Å²) in [6.45, 7) is 0. The summed E-state index contributed by atoms with van der Waals surface area (Å²) in [5.41, 5.74) is 0.424. The predicted octanol–water partition coefficient (Wildman–Crippen LogP) is 1.04. The molecule has 0 unspecified atom stereocenters. The van der Waals surface area contributed by atoms with Crippen molar-refractivity contribution in [1.29, 1.82) is 0 Å². The molecular weight excluding hydrogens is 247 g/mol. The van der Waals surface area contributed by atoms with E-state index < -0.39 is 38.7 Å². The molecule has 4 nitrogen and oxygen atoms in total. The van der Waals surface area contributed by atoms with E-state index in [1.807, 2.05) is 0 Å². The Morgan fingerprint density at radius 2 is 2.06 bits per heavy atom. The van der Waals surface area contributed by atoms with Gasteiger partial charge in [0.05, 0.1) is 11.2 Å². The third-order valence-electron chi connectivity index (χ3n) is 2.97. The first-order valence-electron chi connectivity index (χ1n) is 4.99. The van der Waals surface area contributed by atoms with Gasteiger partial charge >= 0.3 is 5.97 Å². The van der Waals surface area contributed by atoms with Gasteiger partial charge in [0.2, 0.25) is 0 Å². The van der Waals surface area contributed by atoms with Crippen molar-refractivity contribution in [2.75, 3.05) is 6.26 Å². The van der Waals surface area contributed by atoms with Crippen LogP contribution in [-0.2, 0) is 14.6 Å². The summed E-state index contributed by atoms with van der Waals surface area (Å²) in [7, 11) is -3.44. The molecule has 0 spiro atoms.